The number of amides is 1. The van der Waals surface area contributed by atoms with Crippen LogP contribution in [-0.4, -0.2) is 51.4 Å². The first-order chi connectivity index (χ1) is 23.5. The third-order valence-corrected chi connectivity index (χ3v) is 14.1. The number of fused-ring (bicyclic) bond motifs is 5. The van der Waals surface area contributed by atoms with Crippen LogP contribution in [0.1, 0.15) is 151 Å². The van der Waals surface area contributed by atoms with Gasteiger partial charge in [-0.2, -0.15) is 0 Å². The minimum absolute atomic E-state index is 0.130. The Morgan fingerprint density at radius 3 is 2.56 bits per heavy atom. The normalized spacial score (nSPS) is 32.0. The number of rotatable bonds is 18. The SMILES string of the molecule is CC(C)CCCC(C)C1CCC2C3CC=C4CC(OC(C)(C)CCOC(C)(C)CCn5cc(CNCC(N)=O)nn5)CCC4(C)C3CCC12C. The Morgan fingerprint density at radius 2 is 1.82 bits per heavy atom. The number of hydrogen-bond donors (Lipinski definition) is 2. The summed E-state index contributed by atoms with van der Waals surface area (Å²) in [4.78, 5) is 10.9. The van der Waals surface area contributed by atoms with E-state index in [2.05, 4.69) is 84.0 Å². The molecule has 0 saturated heterocycles. The molecule has 0 bridgehead atoms. The largest absolute Gasteiger partial charge is 0.375 e. The standard InChI is InChI=1S/C42H73N5O3/c1-29(2)11-10-12-30(3)35-15-16-36-34-14-13-31-25-33(17-19-41(31,8)37(34)18-20-42(35,36)9)50-40(6,7)22-24-49-39(4,5)21-23-47-28-32(45-46-47)26-44-27-38(43)48/h13,28-30,33-37,44H,10-12,14-27H2,1-9H3,(H2,43,48). The van der Waals surface area contributed by atoms with Gasteiger partial charge in [0.1, 0.15) is 0 Å². The highest BCUT2D eigenvalue weighted by Crippen LogP contribution is 2.67. The van der Waals surface area contributed by atoms with Gasteiger partial charge in [-0.3, -0.25) is 9.48 Å². The first kappa shape index (κ1) is 39.4. The number of carbonyl (C=O) groups excluding carboxylic acids is 1. The number of carbonyl (C=O) groups is 1. The van der Waals surface area contributed by atoms with Crippen molar-refractivity contribution in [2.75, 3.05) is 13.2 Å². The van der Waals surface area contributed by atoms with E-state index in [0.29, 0.717) is 36.6 Å². The predicted octanol–water partition coefficient (Wildman–Crippen LogP) is 8.63. The van der Waals surface area contributed by atoms with Crippen LogP contribution in [0.15, 0.2) is 17.8 Å². The molecule has 5 rings (SSSR count). The van der Waals surface area contributed by atoms with Crippen molar-refractivity contribution >= 4 is 5.91 Å². The molecule has 3 fully saturated rings. The third kappa shape index (κ3) is 9.41. The molecule has 50 heavy (non-hydrogen) atoms. The topological polar surface area (TPSA) is 104 Å². The van der Waals surface area contributed by atoms with Crippen LogP contribution in [0.5, 0.6) is 0 Å². The Hall–Kier alpha value is -1.77. The minimum atomic E-state index is -0.382. The van der Waals surface area contributed by atoms with Crippen LogP contribution >= 0.6 is 0 Å². The molecule has 0 radical (unpaired) electrons. The Kier molecular flexibility index (Phi) is 12.7. The first-order valence-corrected chi connectivity index (χ1v) is 20.4. The highest BCUT2D eigenvalue weighted by atomic mass is 16.5. The molecule has 8 nitrogen and oxygen atoms in total. The molecule has 0 aromatic carbocycles. The molecule has 1 heterocycles. The van der Waals surface area contributed by atoms with Gasteiger partial charge in [0, 0.05) is 19.3 Å². The fourth-order valence-electron chi connectivity index (χ4n) is 11.1. The lowest BCUT2D eigenvalue weighted by molar-refractivity contribution is -0.120. The van der Waals surface area contributed by atoms with Crippen LogP contribution in [0.2, 0.25) is 0 Å². The second-order valence-corrected chi connectivity index (χ2v) is 19.2. The third-order valence-electron chi connectivity index (χ3n) is 14.1. The van der Waals surface area contributed by atoms with Crippen molar-refractivity contribution in [2.24, 2.45) is 52.1 Å². The average Bonchev–Trinajstić information content (AvgIpc) is 3.63. The van der Waals surface area contributed by atoms with Crippen molar-refractivity contribution in [1.29, 1.82) is 0 Å². The maximum atomic E-state index is 10.9. The average molecular weight is 696 g/mol. The molecule has 3 N–H and O–H groups in total. The Morgan fingerprint density at radius 1 is 1.04 bits per heavy atom. The number of primary amides is 1. The fourth-order valence-corrected chi connectivity index (χ4v) is 11.1. The van der Waals surface area contributed by atoms with Crippen molar-refractivity contribution < 1.29 is 14.3 Å². The number of allylic oxidation sites excluding steroid dienone is 1. The molecule has 8 atom stereocenters. The van der Waals surface area contributed by atoms with E-state index < -0.39 is 0 Å². The molecule has 1 aromatic rings. The van der Waals surface area contributed by atoms with Gasteiger partial charge >= 0.3 is 0 Å². The number of aromatic nitrogens is 3. The molecule has 0 spiro atoms. The van der Waals surface area contributed by atoms with Crippen molar-refractivity contribution in [2.45, 2.75) is 176 Å². The molecule has 4 aliphatic carbocycles. The highest BCUT2D eigenvalue weighted by molar-refractivity contribution is 5.75. The number of nitrogens with one attached hydrogen (secondary N) is 1. The summed E-state index contributed by atoms with van der Waals surface area (Å²) in [6.45, 7) is 23.4. The number of nitrogens with two attached hydrogens (primary N) is 1. The summed E-state index contributed by atoms with van der Waals surface area (Å²) >= 11 is 0. The quantitative estimate of drug-likeness (QED) is 0.149. The van der Waals surface area contributed by atoms with Gasteiger partial charge in [-0.1, -0.05) is 70.7 Å². The summed E-state index contributed by atoms with van der Waals surface area (Å²) in [5.74, 6) is 4.88. The zero-order chi connectivity index (χ0) is 36.3. The lowest BCUT2D eigenvalue weighted by Crippen LogP contribution is -2.51. The molecular weight excluding hydrogens is 622 g/mol. The summed E-state index contributed by atoms with van der Waals surface area (Å²) in [5, 5.41) is 11.4. The maximum Gasteiger partial charge on any atom is 0.231 e. The highest BCUT2D eigenvalue weighted by Gasteiger charge is 2.59. The van der Waals surface area contributed by atoms with Gasteiger partial charge in [0.2, 0.25) is 5.91 Å². The smallest absolute Gasteiger partial charge is 0.231 e. The molecule has 8 heteroatoms. The van der Waals surface area contributed by atoms with Gasteiger partial charge in [-0.05, 0) is 138 Å². The van der Waals surface area contributed by atoms with Gasteiger partial charge in [-0.25, -0.2) is 0 Å². The summed E-state index contributed by atoms with van der Waals surface area (Å²) in [6.07, 6.45) is 21.5. The summed E-state index contributed by atoms with van der Waals surface area (Å²) in [7, 11) is 0. The monoisotopic (exact) mass is 696 g/mol. The molecule has 0 aliphatic heterocycles. The lowest BCUT2D eigenvalue weighted by atomic mass is 9.47. The zero-order valence-electron chi connectivity index (χ0n) is 33.4. The van der Waals surface area contributed by atoms with Crippen LogP contribution in [0.4, 0.5) is 0 Å². The van der Waals surface area contributed by atoms with Gasteiger partial charge in [0.05, 0.1) is 36.2 Å². The molecule has 8 unspecified atom stereocenters. The second-order valence-electron chi connectivity index (χ2n) is 19.2. The minimum Gasteiger partial charge on any atom is -0.375 e. The van der Waals surface area contributed by atoms with Crippen molar-refractivity contribution in [3.63, 3.8) is 0 Å². The lowest BCUT2D eigenvalue weighted by Gasteiger charge is -2.58. The maximum absolute atomic E-state index is 10.9. The molecule has 284 valence electrons. The predicted molar refractivity (Wildman–Crippen MR) is 202 cm³/mol. The second kappa shape index (κ2) is 16.1. The van der Waals surface area contributed by atoms with Crippen molar-refractivity contribution in [3.8, 4) is 0 Å². The zero-order valence-corrected chi connectivity index (χ0v) is 33.4. The number of nitrogens with zero attached hydrogens (tertiary/aromatic N) is 3. The fraction of sp³-hybridized carbons (Fsp3) is 0.881. The Balaban J connectivity index is 1.08. The van der Waals surface area contributed by atoms with Gasteiger partial charge in [0.15, 0.2) is 0 Å². The van der Waals surface area contributed by atoms with Gasteiger partial charge in [-0.15, -0.1) is 5.10 Å². The van der Waals surface area contributed by atoms with E-state index in [1.54, 1.807) is 5.57 Å². The van der Waals surface area contributed by atoms with Crippen LogP contribution in [-0.2, 0) is 27.4 Å². The van der Waals surface area contributed by atoms with Gasteiger partial charge < -0.3 is 20.5 Å². The number of hydrogen-bond acceptors (Lipinski definition) is 6. The summed E-state index contributed by atoms with van der Waals surface area (Å²) in [6, 6.07) is 0. The van der Waals surface area contributed by atoms with E-state index in [4.69, 9.17) is 15.2 Å². The Bertz CT molecular complexity index is 1300. The van der Waals surface area contributed by atoms with Crippen LogP contribution < -0.4 is 11.1 Å². The first-order valence-electron chi connectivity index (χ1n) is 20.4. The Labute approximate surface area is 304 Å². The van der Waals surface area contributed by atoms with Crippen molar-refractivity contribution in [3.05, 3.63) is 23.5 Å². The molecule has 1 amide bonds. The van der Waals surface area contributed by atoms with E-state index in [-0.39, 0.29) is 23.7 Å². The molecule has 1 aromatic heterocycles. The molecule has 3 saturated carbocycles. The van der Waals surface area contributed by atoms with Crippen LogP contribution in [0.3, 0.4) is 0 Å². The van der Waals surface area contributed by atoms with Crippen molar-refractivity contribution in [1.82, 2.24) is 20.3 Å². The number of aryl methyl sites for hydroxylation is 1. The summed E-state index contributed by atoms with van der Waals surface area (Å²) < 4.78 is 15.1. The van der Waals surface area contributed by atoms with E-state index in [1.165, 1.54) is 64.2 Å². The van der Waals surface area contributed by atoms with Crippen LogP contribution in [0.25, 0.3) is 0 Å². The van der Waals surface area contributed by atoms with Gasteiger partial charge in [0.25, 0.3) is 0 Å². The van der Waals surface area contributed by atoms with E-state index in [9.17, 15) is 4.79 Å². The van der Waals surface area contributed by atoms with Crippen LogP contribution in [0, 0.1) is 46.3 Å². The van der Waals surface area contributed by atoms with E-state index >= 15 is 0 Å². The summed E-state index contributed by atoms with van der Waals surface area (Å²) in [5.41, 5.74) is 8.07. The molecular formula is C42H73N5O3. The number of ether oxygens (including phenoxy) is 2. The molecule has 4 aliphatic rings. The van der Waals surface area contributed by atoms with E-state index in [1.807, 2.05) is 10.9 Å². The van der Waals surface area contributed by atoms with E-state index in [0.717, 1.165) is 60.5 Å².